The minimum absolute atomic E-state index is 0.400. The second-order valence-electron chi connectivity index (χ2n) is 6.38. The molecule has 0 atom stereocenters. The number of benzene rings is 1. The van der Waals surface area contributed by atoms with Gasteiger partial charge in [-0.2, -0.15) is 4.39 Å². The minimum atomic E-state index is -0.531. The Bertz CT molecular complexity index is 717. The third-order valence-corrected chi connectivity index (χ3v) is 3.17. The zero-order chi connectivity index (χ0) is 17.7. The average molecular weight is 328 g/mol. The third-order valence-electron chi connectivity index (χ3n) is 3.17. The van der Waals surface area contributed by atoms with Crippen LogP contribution in [0.5, 0.6) is 0 Å². The van der Waals surface area contributed by atoms with E-state index in [4.69, 9.17) is 4.74 Å². The van der Waals surface area contributed by atoms with Crippen LogP contribution in [0.1, 0.15) is 31.9 Å². The first-order chi connectivity index (χ1) is 11.2. The topological polar surface area (TPSA) is 42.4 Å². The highest BCUT2D eigenvalue weighted by molar-refractivity contribution is 5.87. The Kier molecular flexibility index (Phi) is 5.34. The van der Waals surface area contributed by atoms with Gasteiger partial charge in [-0.25, -0.2) is 9.78 Å². The van der Waals surface area contributed by atoms with Crippen molar-refractivity contribution in [1.82, 2.24) is 4.98 Å². The fourth-order valence-electron chi connectivity index (χ4n) is 1.92. The zero-order valence-electron chi connectivity index (χ0n) is 14.3. The van der Waals surface area contributed by atoms with Crippen LogP contribution in [0.15, 0.2) is 42.6 Å². The van der Waals surface area contributed by atoms with Crippen molar-refractivity contribution in [3.05, 3.63) is 59.7 Å². The van der Waals surface area contributed by atoms with E-state index in [9.17, 15) is 9.18 Å². The van der Waals surface area contributed by atoms with E-state index in [2.05, 4.69) is 4.98 Å². The molecule has 0 bridgehead atoms. The Morgan fingerprint density at radius 2 is 1.67 bits per heavy atom. The Hall–Kier alpha value is -2.69. The number of hydrogen-bond donors (Lipinski definition) is 0. The van der Waals surface area contributed by atoms with E-state index in [0.29, 0.717) is 0 Å². The van der Waals surface area contributed by atoms with E-state index in [1.807, 2.05) is 57.2 Å². The normalized spacial score (nSPS) is 11.5. The van der Waals surface area contributed by atoms with Gasteiger partial charge < -0.3 is 4.74 Å². The van der Waals surface area contributed by atoms with Gasteiger partial charge in [0.2, 0.25) is 5.95 Å². The molecule has 0 spiro atoms. The first kappa shape index (κ1) is 17.7. The number of hydrogen-bond acceptors (Lipinski definition) is 3. The van der Waals surface area contributed by atoms with Gasteiger partial charge >= 0.3 is 6.09 Å². The van der Waals surface area contributed by atoms with Crippen LogP contribution in [0, 0.1) is 5.95 Å². The molecule has 24 heavy (non-hydrogen) atoms. The van der Waals surface area contributed by atoms with Crippen LogP contribution in [-0.2, 0) is 4.74 Å². The number of aromatic nitrogens is 1. The molecule has 0 aliphatic rings. The molecule has 1 heterocycles. The number of anilines is 1. The summed E-state index contributed by atoms with van der Waals surface area (Å²) in [4.78, 5) is 17.1. The highest BCUT2D eigenvalue weighted by Gasteiger charge is 2.20. The second-order valence-corrected chi connectivity index (χ2v) is 6.38. The summed E-state index contributed by atoms with van der Waals surface area (Å²) in [5.74, 6) is -0.498. The lowest BCUT2D eigenvalue weighted by atomic mass is 10.1. The van der Waals surface area contributed by atoms with Crippen molar-refractivity contribution >= 4 is 23.9 Å². The average Bonchev–Trinajstić information content (AvgIpc) is 2.52. The first-order valence-corrected chi connectivity index (χ1v) is 7.61. The van der Waals surface area contributed by atoms with Crippen molar-refractivity contribution in [1.29, 1.82) is 0 Å². The number of rotatable bonds is 3. The number of halogens is 1. The van der Waals surface area contributed by atoms with Gasteiger partial charge in [0.1, 0.15) is 5.60 Å². The maximum absolute atomic E-state index is 12.8. The Labute approximate surface area is 141 Å². The van der Waals surface area contributed by atoms with Crippen molar-refractivity contribution < 1.29 is 13.9 Å². The van der Waals surface area contributed by atoms with Crippen LogP contribution in [0.3, 0.4) is 0 Å². The maximum Gasteiger partial charge on any atom is 0.414 e. The predicted octanol–water partition coefficient (Wildman–Crippen LogP) is 4.76. The summed E-state index contributed by atoms with van der Waals surface area (Å²) >= 11 is 0. The van der Waals surface area contributed by atoms with Crippen LogP contribution in [0.2, 0.25) is 0 Å². The molecule has 2 rings (SSSR count). The molecule has 0 aliphatic heterocycles. The SMILES string of the molecule is CN(C(=O)OC(C)(C)C)c1ccc(/C=C/c2ccc(F)nc2)cc1. The number of ether oxygens (including phenoxy) is 1. The highest BCUT2D eigenvalue weighted by Crippen LogP contribution is 2.18. The molecule has 0 fully saturated rings. The molecule has 1 aromatic heterocycles. The standard InChI is InChI=1S/C19H21FN2O2/c1-19(2,3)24-18(23)22(4)16-10-7-14(8-11-16)5-6-15-9-12-17(20)21-13-15/h5-13H,1-4H3/b6-5+. The van der Waals surface area contributed by atoms with E-state index < -0.39 is 17.6 Å². The maximum atomic E-state index is 12.8. The number of nitrogens with zero attached hydrogens (tertiary/aromatic N) is 2. The fourth-order valence-corrected chi connectivity index (χ4v) is 1.92. The molecule has 0 saturated heterocycles. The molecule has 0 unspecified atom stereocenters. The molecule has 5 heteroatoms. The van der Waals surface area contributed by atoms with E-state index in [1.54, 1.807) is 13.1 Å². The fraction of sp³-hybridized carbons (Fsp3) is 0.263. The van der Waals surface area contributed by atoms with Gasteiger partial charge in [0.25, 0.3) is 0 Å². The summed E-state index contributed by atoms with van der Waals surface area (Å²) in [6, 6.07) is 10.4. The van der Waals surface area contributed by atoms with Crippen molar-refractivity contribution in [2.75, 3.05) is 11.9 Å². The largest absolute Gasteiger partial charge is 0.443 e. The number of amides is 1. The Morgan fingerprint density at radius 1 is 1.08 bits per heavy atom. The summed E-state index contributed by atoms with van der Waals surface area (Å²) in [5.41, 5.74) is 1.98. The number of pyridine rings is 1. The van der Waals surface area contributed by atoms with Gasteiger partial charge in [-0.1, -0.05) is 24.3 Å². The molecule has 4 nitrogen and oxygen atoms in total. The molecule has 0 aliphatic carbocycles. The molecule has 2 aromatic rings. The van der Waals surface area contributed by atoms with Crippen LogP contribution in [0.4, 0.5) is 14.9 Å². The van der Waals surface area contributed by atoms with E-state index >= 15 is 0 Å². The van der Waals surface area contributed by atoms with Crippen LogP contribution in [-0.4, -0.2) is 23.7 Å². The van der Waals surface area contributed by atoms with Crippen molar-refractivity contribution in [2.24, 2.45) is 0 Å². The molecular weight excluding hydrogens is 307 g/mol. The Balaban J connectivity index is 2.04. The highest BCUT2D eigenvalue weighted by atomic mass is 19.1. The molecule has 0 N–H and O–H groups in total. The molecule has 126 valence electrons. The van der Waals surface area contributed by atoms with Gasteiger partial charge in [0.05, 0.1) is 0 Å². The molecule has 1 amide bonds. The predicted molar refractivity (Wildman–Crippen MR) is 94.2 cm³/mol. The van der Waals surface area contributed by atoms with Gasteiger partial charge in [-0.05, 0) is 56.2 Å². The number of carbonyl (C=O) groups is 1. The van der Waals surface area contributed by atoms with Gasteiger partial charge in [-0.15, -0.1) is 0 Å². The first-order valence-electron chi connectivity index (χ1n) is 7.61. The summed E-state index contributed by atoms with van der Waals surface area (Å²) in [7, 11) is 1.67. The lowest BCUT2D eigenvalue weighted by Crippen LogP contribution is -2.34. The molecule has 1 aromatic carbocycles. The van der Waals surface area contributed by atoms with Crippen molar-refractivity contribution in [2.45, 2.75) is 26.4 Å². The zero-order valence-corrected chi connectivity index (χ0v) is 14.3. The van der Waals surface area contributed by atoms with Gasteiger partial charge in [0.15, 0.2) is 0 Å². The van der Waals surface area contributed by atoms with Gasteiger partial charge in [0, 0.05) is 18.9 Å². The molecular formula is C19H21FN2O2. The van der Waals surface area contributed by atoms with E-state index in [1.165, 1.54) is 17.2 Å². The monoisotopic (exact) mass is 328 g/mol. The van der Waals surface area contributed by atoms with E-state index in [-0.39, 0.29) is 0 Å². The summed E-state index contributed by atoms with van der Waals surface area (Å²) in [5, 5.41) is 0. The van der Waals surface area contributed by atoms with Crippen molar-refractivity contribution in [3.63, 3.8) is 0 Å². The third kappa shape index (κ3) is 5.19. The van der Waals surface area contributed by atoms with Crippen LogP contribution in [0.25, 0.3) is 12.2 Å². The second kappa shape index (κ2) is 7.25. The Morgan fingerprint density at radius 3 is 2.21 bits per heavy atom. The summed E-state index contributed by atoms with van der Waals surface area (Å²) in [6.07, 6.45) is 4.81. The summed E-state index contributed by atoms with van der Waals surface area (Å²) < 4.78 is 18.1. The quantitative estimate of drug-likeness (QED) is 0.763. The van der Waals surface area contributed by atoms with Crippen LogP contribution >= 0.6 is 0 Å². The van der Waals surface area contributed by atoms with E-state index in [0.717, 1.165) is 16.8 Å². The lowest BCUT2D eigenvalue weighted by molar-refractivity contribution is 0.0589. The van der Waals surface area contributed by atoms with Crippen molar-refractivity contribution in [3.8, 4) is 0 Å². The number of carbonyl (C=O) groups excluding carboxylic acids is 1. The molecule has 0 saturated carbocycles. The van der Waals surface area contributed by atoms with Gasteiger partial charge in [-0.3, -0.25) is 4.90 Å². The van der Waals surface area contributed by atoms with Crippen LogP contribution < -0.4 is 4.90 Å². The lowest BCUT2D eigenvalue weighted by Gasteiger charge is -2.24. The minimum Gasteiger partial charge on any atom is -0.443 e. The smallest absolute Gasteiger partial charge is 0.414 e. The summed E-state index contributed by atoms with van der Waals surface area (Å²) in [6.45, 7) is 5.49. The molecule has 0 radical (unpaired) electrons.